The molecular formula is C13H25NO. The lowest BCUT2D eigenvalue weighted by molar-refractivity contribution is 0.0458. The molecule has 2 rings (SSSR count). The van der Waals surface area contributed by atoms with Crippen LogP contribution in [0.3, 0.4) is 0 Å². The Hall–Kier alpha value is -0.0800. The second-order valence-electron chi connectivity index (χ2n) is 5.63. The van der Waals surface area contributed by atoms with Crippen molar-refractivity contribution in [2.45, 2.75) is 51.0 Å². The summed E-state index contributed by atoms with van der Waals surface area (Å²) in [5.74, 6) is 1.50. The Bertz CT molecular complexity index is 191. The van der Waals surface area contributed by atoms with E-state index in [1.54, 1.807) is 0 Å². The molecule has 2 heteroatoms. The van der Waals surface area contributed by atoms with Crippen molar-refractivity contribution in [1.82, 2.24) is 4.90 Å². The molecule has 0 aromatic rings. The van der Waals surface area contributed by atoms with Crippen LogP contribution in [-0.2, 0) is 0 Å². The van der Waals surface area contributed by atoms with Crippen molar-refractivity contribution in [1.29, 1.82) is 0 Å². The standard InChI is InChI=1S/C13H25NO/c1-14(9-11-5-4-6-11)10-12-7-2-3-8-13(12)15/h11-13,15H,2-10H2,1H3. The minimum absolute atomic E-state index is 0.0254. The minimum atomic E-state index is -0.0254. The second kappa shape index (κ2) is 5.31. The molecule has 2 aliphatic rings. The number of aliphatic hydroxyl groups excluding tert-OH is 1. The third-order valence-corrected chi connectivity index (χ3v) is 4.21. The largest absolute Gasteiger partial charge is 0.393 e. The molecule has 0 saturated heterocycles. The molecule has 0 heterocycles. The summed E-state index contributed by atoms with van der Waals surface area (Å²) in [6.07, 6.45) is 9.07. The molecule has 2 fully saturated rings. The summed E-state index contributed by atoms with van der Waals surface area (Å²) in [6.45, 7) is 2.36. The van der Waals surface area contributed by atoms with Crippen LogP contribution >= 0.6 is 0 Å². The molecule has 2 saturated carbocycles. The van der Waals surface area contributed by atoms with E-state index in [4.69, 9.17) is 0 Å². The maximum Gasteiger partial charge on any atom is 0.0580 e. The predicted octanol–water partition coefficient (Wildman–Crippen LogP) is 2.27. The zero-order valence-corrected chi connectivity index (χ0v) is 9.99. The number of rotatable bonds is 4. The molecule has 2 atom stereocenters. The Morgan fingerprint density at radius 2 is 1.73 bits per heavy atom. The summed E-state index contributed by atoms with van der Waals surface area (Å²) in [5, 5.41) is 9.90. The summed E-state index contributed by atoms with van der Waals surface area (Å²) in [7, 11) is 2.22. The smallest absolute Gasteiger partial charge is 0.0580 e. The Morgan fingerprint density at radius 3 is 2.33 bits per heavy atom. The highest BCUT2D eigenvalue weighted by molar-refractivity contribution is 4.79. The molecule has 2 aliphatic carbocycles. The van der Waals surface area contributed by atoms with Gasteiger partial charge in [-0.15, -0.1) is 0 Å². The van der Waals surface area contributed by atoms with Gasteiger partial charge in [-0.1, -0.05) is 19.3 Å². The zero-order valence-electron chi connectivity index (χ0n) is 9.99. The predicted molar refractivity (Wildman–Crippen MR) is 62.8 cm³/mol. The van der Waals surface area contributed by atoms with Crippen molar-refractivity contribution in [2.75, 3.05) is 20.1 Å². The maximum atomic E-state index is 9.90. The van der Waals surface area contributed by atoms with E-state index in [0.717, 1.165) is 18.9 Å². The Labute approximate surface area is 93.7 Å². The third-order valence-electron chi connectivity index (χ3n) is 4.21. The molecule has 15 heavy (non-hydrogen) atoms. The molecule has 1 N–H and O–H groups in total. The van der Waals surface area contributed by atoms with Crippen molar-refractivity contribution in [3.8, 4) is 0 Å². The maximum absolute atomic E-state index is 9.90. The van der Waals surface area contributed by atoms with Crippen LogP contribution in [0.25, 0.3) is 0 Å². The van der Waals surface area contributed by atoms with Crippen LogP contribution in [0.15, 0.2) is 0 Å². The first kappa shape index (κ1) is 11.4. The molecule has 2 nitrogen and oxygen atoms in total. The van der Waals surface area contributed by atoms with Crippen molar-refractivity contribution < 1.29 is 5.11 Å². The monoisotopic (exact) mass is 211 g/mol. The third kappa shape index (κ3) is 3.18. The van der Waals surface area contributed by atoms with E-state index in [0.29, 0.717) is 5.92 Å². The number of aliphatic hydroxyl groups is 1. The fourth-order valence-corrected chi connectivity index (χ4v) is 2.99. The Balaban J connectivity index is 1.69. The Kier molecular flexibility index (Phi) is 4.04. The summed E-state index contributed by atoms with van der Waals surface area (Å²) >= 11 is 0. The lowest BCUT2D eigenvalue weighted by Crippen LogP contribution is -2.38. The van der Waals surface area contributed by atoms with Crippen molar-refractivity contribution in [3.63, 3.8) is 0 Å². The molecule has 0 spiro atoms. The Morgan fingerprint density at radius 1 is 1.00 bits per heavy atom. The number of hydrogen-bond acceptors (Lipinski definition) is 2. The van der Waals surface area contributed by atoms with E-state index in [9.17, 15) is 5.11 Å². The van der Waals surface area contributed by atoms with Crippen LogP contribution in [0, 0.1) is 11.8 Å². The van der Waals surface area contributed by atoms with Crippen LogP contribution < -0.4 is 0 Å². The minimum Gasteiger partial charge on any atom is -0.393 e. The first-order valence-electron chi connectivity index (χ1n) is 6.62. The zero-order chi connectivity index (χ0) is 10.7. The number of hydrogen-bond donors (Lipinski definition) is 1. The summed E-state index contributed by atoms with van der Waals surface area (Å²) in [4.78, 5) is 2.45. The molecule has 0 amide bonds. The van der Waals surface area contributed by atoms with E-state index < -0.39 is 0 Å². The molecular weight excluding hydrogens is 186 g/mol. The average Bonchev–Trinajstić information content (AvgIpc) is 2.16. The first-order valence-corrected chi connectivity index (χ1v) is 6.62. The summed E-state index contributed by atoms with van der Waals surface area (Å²) in [5.41, 5.74) is 0. The molecule has 88 valence electrons. The quantitative estimate of drug-likeness (QED) is 0.771. The van der Waals surface area contributed by atoms with Gasteiger partial charge in [0.05, 0.1) is 6.10 Å². The average molecular weight is 211 g/mol. The van der Waals surface area contributed by atoms with Gasteiger partial charge in [0.2, 0.25) is 0 Å². The van der Waals surface area contributed by atoms with Gasteiger partial charge in [0.15, 0.2) is 0 Å². The van der Waals surface area contributed by atoms with Gasteiger partial charge in [-0.05, 0) is 44.6 Å². The highest BCUT2D eigenvalue weighted by Crippen LogP contribution is 2.28. The van der Waals surface area contributed by atoms with Crippen LogP contribution in [0.5, 0.6) is 0 Å². The van der Waals surface area contributed by atoms with Crippen LogP contribution in [0.1, 0.15) is 44.9 Å². The molecule has 0 radical (unpaired) electrons. The van der Waals surface area contributed by atoms with Crippen LogP contribution in [-0.4, -0.2) is 36.2 Å². The molecule has 0 aliphatic heterocycles. The summed E-state index contributed by atoms with van der Waals surface area (Å²) < 4.78 is 0. The lowest BCUT2D eigenvalue weighted by Gasteiger charge is -2.35. The van der Waals surface area contributed by atoms with Gasteiger partial charge in [0, 0.05) is 13.1 Å². The van der Waals surface area contributed by atoms with Crippen molar-refractivity contribution >= 4 is 0 Å². The SMILES string of the molecule is CN(CC1CCC1)CC1CCCCC1O. The van der Waals surface area contributed by atoms with Gasteiger partial charge >= 0.3 is 0 Å². The second-order valence-corrected chi connectivity index (χ2v) is 5.63. The first-order chi connectivity index (χ1) is 7.25. The molecule has 2 unspecified atom stereocenters. The molecule has 0 aromatic carbocycles. The van der Waals surface area contributed by atoms with Gasteiger partial charge < -0.3 is 10.0 Å². The van der Waals surface area contributed by atoms with E-state index in [1.807, 2.05) is 0 Å². The van der Waals surface area contributed by atoms with Crippen molar-refractivity contribution in [3.05, 3.63) is 0 Å². The van der Waals surface area contributed by atoms with E-state index in [1.165, 1.54) is 45.1 Å². The van der Waals surface area contributed by atoms with E-state index in [2.05, 4.69) is 11.9 Å². The van der Waals surface area contributed by atoms with Gasteiger partial charge in [0.25, 0.3) is 0 Å². The van der Waals surface area contributed by atoms with Gasteiger partial charge in [-0.25, -0.2) is 0 Å². The highest BCUT2D eigenvalue weighted by Gasteiger charge is 2.25. The highest BCUT2D eigenvalue weighted by atomic mass is 16.3. The fraction of sp³-hybridized carbons (Fsp3) is 1.00. The molecule has 0 bridgehead atoms. The van der Waals surface area contributed by atoms with Gasteiger partial charge in [-0.3, -0.25) is 0 Å². The molecule has 0 aromatic heterocycles. The van der Waals surface area contributed by atoms with E-state index in [-0.39, 0.29) is 6.10 Å². The van der Waals surface area contributed by atoms with Crippen LogP contribution in [0.4, 0.5) is 0 Å². The van der Waals surface area contributed by atoms with Crippen molar-refractivity contribution in [2.24, 2.45) is 11.8 Å². The summed E-state index contributed by atoms with van der Waals surface area (Å²) in [6, 6.07) is 0. The normalized spacial score (nSPS) is 33.0. The topological polar surface area (TPSA) is 23.5 Å². The van der Waals surface area contributed by atoms with E-state index >= 15 is 0 Å². The lowest BCUT2D eigenvalue weighted by atomic mass is 9.83. The van der Waals surface area contributed by atoms with Crippen LogP contribution in [0.2, 0.25) is 0 Å². The van der Waals surface area contributed by atoms with Gasteiger partial charge in [-0.2, -0.15) is 0 Å². The van der Waals surface area contributed by atoms with Gasteiger partial charge in [0.1, 0.15) is 0 Å². The number of nitrogens with zero attached hydrogens (tertiary/aromatic N) is 1. The fourth-order valence-electron chi connectivity index (χ4n) is 2.99.